The van der Waals surface area contributed by atoms with Gasteiger partial charge in [-0.05, 0) is 44.4 Å². The lowest BCUT2D eigenvalue weighted by Gasteiger charge is -2.33. The van der Waals surface area contributed by atoms with Crippen LogP contribution in [0.2, 0.25) is 0 Å². The predicted molar refractivity (Wildman–Crippen MR) is 79.3 cm³/mol. The number of aryl methyl sites for hydroxylation is 2. The van der Waals surface area contributed by atoms with E-state index < -0.39 is 0 Å². The van der Waals surface area contributed by atoms with Crippen molar-refractivity contribution in [3.63, 3.8) is 0 Å². The molecule has 1 aliphatic rings. The van der Waals surface area contributed by atoms with Gasteiger partial charge in [0.05, 0.1) is 6.61 Å². The summed E-state index contributed by atoms with van der Waals surface area (Å²) in [6.45, 7) is 8.61. The first-order valence-corrected chi connectivity index (χ1v) is 7.32. The molecule has 1 saturated heterocycles. The molecule has 1 aromatic carbocycles. The lowest BCUT2D eigenvalue weighted by Crippen LogP contribution is -2.46. The Bertz CT molecular complexity index is 406. The van der Waals surface area contributed by atoms with E-state index in [9.17, 15) is 0 Å². The fourth-order valence-corrected chi connectivity index (χ4v) is 2.85. The zero-order valence-electron chi connectivity index (χ0n) is 12.2. The van der Waals surface area contributed by atoms with Crippen molar-refractivity contribution in [1.82, 2.24) is 10.2 Å². The van der Waals surface area contributed by atoms with Crippen LogP contribution in [0.3, 0.4) is 0 Å². The fourth-order valence-electron chi connectivity index (χ4n) is 2.85. The Kier molecular flexibility index (Phi) is 5.37. The van der Waals surface area contributed by atoms with E-state index in [0.717, 1.165) is 13.1 Å². The summed E-state index contributed by atoms with van der Waals surface area (Å²) in [5, 5.41) is 12.3. The third-order valence-corrected chi connectivity index (χ3v) is 3.95. The van der Waals surface area contributed by atoms with E-state index in [2.05, 4.69) is 42.3 Å². The van der Waals surface area contributed by atoms with Crippen molar-refractivity contribution in [2.75, 3.05) is 26.2 Å². The highest BCUT2D eigenvalue weighted by Crippen LogP contribution is 2.17. The highest BCUT2D eigenvalue weighted by Gasteiger charge is 2.19. The topological polar surface area (TPSA) is 35.5 Å². The average Bonchev–Trinajstić information content (AvgIpc) is 2.41. The Morgan fingerprint density at radius 3 is 3.00 bits per heavy atom. The third kappa shape index (κ3) is 4.30. The minimum atomic E-state index is 0.230. The van der Waals surface area contributed by atoms with Gasteiger partial charge in [-0.15, -0.1) is 0 Å². The summed E-state index contributed by atoms with van der Waals surface area (Å²) in [5.74, 6) is 0. The monoisotopic (exact) mass is 262 g/mol. The Morgan fingerprint density at radius 2 is 2.21 bits per heavy atom. The number of aliphatic hydroxyl groups is 1. The zero-order valence-corrected chi connectivity index (χ0v) is 12.2. The van der Waals surface area contributed by atoms with E-state index in [1.165, 1.54) is 36.1 Å². The second-order valence-electron chi connectivity index (χ2n) is 5.68. The van der Waals surface area contributed by atoms with Crippen LogP contribution in [-0.4, -0.2) is 42.3 Å². The van der Waals surface area contributed by atoms with E-state index in [1.54, 1.807) is 0 Å². The van der Waals surface area contributed by atoms with Gasteiger partial charge in [0.15, 0.2) is 0 Å². The summed E-state index contributed by atoms with van der Waals surface area (Å²) in [6, 6.07) is 7.24. The van der Waals surface area contributed by atoms with Crippen LogP contribution in [0.25, 0.3) is 0 Å². The molecule has 0 spiro atoms. The lowest BCUT2D eigenvalue weighted by molar-refractivity contribution is 0.176. The molecule has 0 aliphatic carbocycles. The van der Waals surface area contributed by atoms with E-state index in [0.29, 0.717) is 12.6 Å². The van der Waals surface area contributed by atoms with Gasteiger partial charge >= 0.3 is 0 Å². The van der Waals surface area contributed by atoms with Crippen LogP contribution < -0.4 is 5.32 Å². The number of hydrogen-bond donors (Lipinski definition) is 2. The molecule has 1 aliphatic heterocycles. The van der Waals surface area contributed by atoms with Gasteiger partial charge in [-0.25, -0.2) is 0 Å². The summed E-state index contributed by atoms with van der Waals surface area (Å²) >= 11 is 0. The van der Waals surface area contributed by atoms with E-state index in [4.69, 9.17) is 5.11 Å². The van der Waals surface area contributed by atoms with Gasteiger partial charge in [0.1, 0.15) is 0 Å². The maximum atomic E-state index is 8.89. The van der Waals surface area contributed by atoms with Crippen LogP contribution in [0.15, 0.2) is 18.2 Å². The maximum absolute atomic E-state index is 8.89. The van der Waals surface area contributed by atoms with Gasteiger partial charge in [-0.2, -0.15) is 0 Å². The molecule has 2 N–H and O–H groups in total. The second kappa shape index (κ2) is 7.04. The summed E-state index contributed by atoms with van der Waals surface area (Å²) < 4.78 is 0. The quantitative estimate of drug-likeness (QED) is 0.850. The number of nitrogens with zero attached hydrogens (tertiary/aromatic N) is 1. The normalized spacial score (nSPS) is 20.7. The molecule has 1 unspecified atom stereocenters. The number of piperidine rings is 1. The Balaban J connectivity index is 1.93. The molecule has 0 amide bonds. The number of nitrogens with one attached hydrogen (secondary N) is 1. The molecule has 2 rings (SSSR count). The van der Waals surface area contributed by atoms with Crippen molar-refractivity contribution in [3.8, 4) is 0 Å². The molecule has 0 saturated carbocycles. The van der Waals surface area contributed by atoms with Gasteiger partial charge in [0.25, 0.3) is 0 Å². The number of likely N-dealkylation sites (tertiary alicyclic amines) is 1. The van der Waals surface area contributed by atoms with Gasteiger partial charge in [-0.1, -0.05) is 23.8 Å². The third-order valence-electron chi connectivity index (χ3n) is 3.95. The molecule has 1 atom stereocenters. The van der Waals surface area contributed by atoms with Crippen LogP contribution >= 0.6 is 0 Å². The van der Waals surface area contributed by atoms with E-state index in [-0.39, 0.29) is 6.61 Å². The first-order chi connectivity index (χ1) is 9.19. The largest absolute Gasteiger partial charge is 0.395 e. The molecule has 3 heteroatoms. The SMILES string of the molecule is Cc1ccc(C)c(CN2CCCC(NCCO)C2)c1. The summed E-state index contributed by atoms with van der Waals surface area (Å²) in [6.07, 6.45) is 2.47. The van der Waals surface area contributed by atoms with Gasteiger partial charge in [0, 0.05) is 25.7 Å². The smallest absolute Gasteiger partial charge is 0.0556 e. The Hall–Kier alpha value is -0.900. The van der Waals surface area contributed by atoms with Crippen molar-refractivity contribution in [2.24, 2.45) is 0 Å². The minimum absolute atomic E-state index is 0.230. The highest BCUT2D eigenvalue weighted by molar-refractivity contribution is 5.30. The first-order valence-electron chi connectivity index (χ1n) is 7.32. The van der Waals surface area contributed by atoms with Crippen LogP contribution in [0.4, 0.5) is 0 Å². The molecule has 0 bridgehead atoms. The Labute approximate surface area is 116 Å². The van der Waals surface area contributed by atoms with Crippen molar-refractivity contribution in [3.05, 3.63) is 34.9 Å². The van der Waals surface area contributed by atoms with Gasteiger partial charge in [0.2, 0.25) is 0 Å². The van der Waals surface area contributed by atoms with E-state index >= 15 is 0 Å². The summed E-state index contributed by atoms with van der Waals surface area (Å²) in [4.78, 5) is 2.53. The molecular weight excluding hydrogens is 236 g/mol. The number of aliphatic hydroxyl groups excluding tert-OH is 1. The molecular formula is C16H26N2O. The van der Waals surface area contributed by atoms with Gasteiger partial charge < -0.3 is 10.4 Å². The molecule has 1 aromatic rings. The molecule has 19 heavy (non-hydrogen) atoms. The zero-order chi connectivity index (χ0) is 13.7. The van der Waals surface area contributed by atoms with E-state index in [1.807, 2.05) is 0 Å². The van der Waals surface area contributed by atoms with Crippen molar-refractivity contribution >= 4 is 0 Å². The molecule has 0 radical (unpaired) electrons. The number of hydrogen-bond acceptors (Lipinski definition) is 3. The van der Waals surface area contributed by atoms with Crippen LogP contribution in [0.5, 0.6) is 0 Å². The summed E-state index contributed by atoms with van der Waals surface area (Å²) in [5.41, 5.74) is 4.17. The lowest BCUT2D eigenvalue weighted by atomic mass is 10.0. The molecule has 0 aromatic heterocycles. The van der Waals surface area contributed by atoms with Crippen LogP contribution in [0.1, 0.15) is 29.5 Å². The van der Waals surface area contributed by atoms with Crippen molar-refractivity contribution < 1.29 is 5.11 Å². The molecule has 106 valence electrons. The van der Waals surface area contributed by atoms with Crippen LogP contribution in [0, 0.1) is 13.8 Å². The second-order valence-corrected chi connectivity index (χ2v) is 5.68. The highest BCUT2D eigenvalue weighted by atomic mass is 16.3. The van der Waals surface area contributed by atoms with Crippen molar-refractivity contribution in [2.45, 2.75) is 39.3 Å². The van der Waals surface area contributed by atoms with Crippen molar-refractivity contribution in [1.29, 1.82) is 0 Å². The number of benzene rings is 1. The standard InChI is InChI=1S/C16H26N2O/c1-13-5-6-14(2)15(10-13)11-18-8-3-4-16(12-18)17-7-9-19/h5-6,10,16-17,19H,3-4,7-9,11-12H2,1-2H3. The predicted octanol–water partition coefficient (Wildman–Crippen LogP) is 1.85. The maximum Gasteiger partial charge on any atom is 0.0556 e. The van der Waals surface area contributed by atoms with Crippen LogP contribution in [-0.2, 0) is 6.54 Å². The Morgan fingerprint density at radius 1 is 1.37 bits per heavy atom. The number of rotatable bonds is 5. The summed E-state index contributed by atoms with van der Waals surface area (Å²) in [7, 11) is 0. The fraction of sp³-hybridized carbons (Fsp3) is 0.625. The molecule has 1 fully saturated rings. The molecule has 1 heterocycles. The molecule has 3 nitrogen and oxygen atoms in total. The first kappa shape index (κ1) is 14.5. The minimum Gasteiger partial charge on any atom is -0.395 e. The average molecular weight is 262 g/mol. The van der Waals surface area contributed by atoms with Gasteiger partial charge in [-0.3, -0.25) is 4.90 Å².